The van der Waals surface area contributed by atoms with Crippen molar-refractivity contribution in [3.8, 4) is 10.6 Å². The summed E-state index contributed by atoms with van der Waals surface area (Å²) in [7, 11) is 2.21. The van der Waals surface area contributed by atoms with Gasteiger partial charge in [-0.2, -0.15) is 0 Å². The molecule has 1 saturated carbocycles. The predicted octanol–water partition coefficient (Wildman–Crippen LogP) is 5.82. The van der Waals surface area contributed by atoms with E-state index in [1.807, 2.05) is 12.3 Å². The molecule has 1 aliphatic heterocycles. The zero-order chi connectivity index (χ0) is 21.9. The van der Waals surface area contributed by atoms with E-state index in [0.717, 1.165) is 27.1 Å². The average Bonchev–Trinajstić information content (AvgIpc) is 3.45. The molecule has 0 bridgehead atoms. The van der Waals surface area contributed by atoms with Crippen molar-refractivity contribution in [3.63, 3.8) is 0 Å². The first kappa shape index (κ1) is 21.3. The number of aryl methyl sites for hydroxylation is 1. The van der Waals surface area contributed by atoms with Crippen molar-refractivity contribution >= 4 is 28.1 Å². The average molecular weight is 449 g/mol. The Hall–Kier alpha value is -2.51. The number of nitrogens with zero attached hydrogens (tertiary/aromatic N) is 4. The first-order valence-electron chi connectivity index (χ1n) is 11.8. The third-order valence-electron chi connectivity index (χ3n) is 6.72. The van der Waals surface area contributed by atoms with E-state index >= 15 is 0 Å². The first-order chi connectivity index (χ1) is 15.6. The lowest BCUT2D eigenvalue weighted by molar-refractivity contribution is 0.255. The van der Waals surface area contributed by atoms with Crippen LogP contribution in [0.3, 0.4) is 0 Å². The molecule has 3 aromatic rings. The van der Waals surface area contributed by atoms with Crippen molar-refractivity contribution in [3.05, 3.63) is 47.8 Å². The van der Waals surface area contributed by atoms with Crippen LogP contribution in [0.15, 0.2) is 36.5 Å². The molecule has 168 valence electrons. The zero-order valence-corrected chi connectivity index (χ0v) is 19.8. The lowest BCUT2D eigenvalue weighted by Crippen LogP contribution is -2.29. The first-order valence-corrected chi connectivity index (χ1v) is 12.6. The monoisotopic (exact) mass is 448 g/mol. The molecule has 0 radical (unpaired) electrons. The molecule has 2 fully saturated rings. The van der Waals surface area contributed by atoms with Crippen LogP contribution in [0.4, 0.5) is 16.8 Å². The Labute approximate surface area is 194 Å². The van der Waals surface area contributed by atoms with Crippen LogP contribution in [0.2, 0.25) is 0 Å². The number of hydrogen-bond donors (Lipinski definition) is 2. The normalized spacial score (nSPS) is 18.2. The molecule has 1 aromatic carbocycles. The fourth-order valence-corrected chi connectivity index (χ4v) is 5.81. The Morgan fingerprint density at radius 3 is 2.47 bits per heavy atom. The molecule has 0 unspecified atom stereocenters. The maximum absolute atomic E-state index is 4.78. The molecule has 0 atom stereocenters. The zero-order valence-electron chi connectivity index (χ0n) is 19.0. The molecule has 6 nitrogen and oxygen atoms in total. The standard InChI is InChI=1S/C25H32N6S/c1-17-23(32-25(27-17)29-20-5-3-4-6-20)22-11-14-26-24(30-22)28-21-9-7-18(8-10-21)19-12-15-31(2)16-13-19/h7-11,14,19-20H,3-6,12-13,15-16H2,1-2H3,(H,27,29)(H,26,28,30). The van der Waals surface area contributed by atoms with E-state index in [1.165, 1.54) is 57.2 Å². The van der Waals surface area contributed by atoms with E-state index in [4.69, 9.17) is 9.97 Å². The fourth-order valence-electron chi connectivity index (χ4n) is 4.80. The Morgan fingerprint density at radius 2 is 1.72 bits per heavy atom. The molecule has 1 saturated heterocycles. The molecule has 0 spiro atoms. The number of rotatable bonds is 6. The highest BCUT2D eigenvalue weighted by molar-refractivity contribution is 7.19. The van der Waals surface area contributed by atoms with Crippen LogP contribution in [-0.2, 0) is 0 Å². The smallest absolute Gasteiger partial charge is 0.227 e. The molecule has 5 rings (SSSR count). The molecule has 2 aliphatic rings. The van der Waals surface area contributed by atoms with Crippen LogP contribution in [0.5, 0.6) is 0 Å². The Bertz CT molecular complexity index is 1030. The van der Waals surface area contributed by atoms with Crippen LogP contribution in [-0.4, -0.2) is 46.0 Å². The van der Waals surface area contributed by atoms with Gasteiger partial charge in [0.1, 0.15) is 0 Å². The van der Waals surface area contributed by atoms with Crippen molar-refractivity contribution in [1.82, 2.24) is 19.9 Å². The minimum absolute atomic E-state index is 0.563. The molecule has 32 heavy (non-hydrogen) atoms. The van der Waals surface area contributed by atoms with Crippen LogP contribution in [0.1, 0.15) is 55.7 Å². The van der Waals surface area contributed by atoms with E-state index in [-0.39, 0.29) is 0 Å². The summed E-state index contributed by atoms with van der Waals surface area (Å²) in [5.74, 6) is 1.29. The highest BCUT2D eigenvalue weighted by Crippen LogP contribution is 2.34. The highest BCUT2D eigenvalue weighted by Gasteiger charge is 2.19. The predicted molar refractivity (Wildman–Crippen MR) is 133 cm³/mol. The van der Waals surface area contributed by atoms with Gasteiger partial charge in [0.2, 0.25) is 5.95 Å². The Kier molecular flexibility index (Phi) is 6.37. The van der Waals surface area contributed by atoms with Gasteiger partial charge >= 0.3 is 0 Å². The summed E-state index contributed by atoms with van der Waals surface area (Å²) in [4.78, 5) is 17.5. The second-order valence-corrected chi connectivity index (χ2v) is 10.1. The summed E-state index contributed by atoms with van der Waals surface area (Å²) in [6.45, 7) is 4.42. The molecule has 1 aliphatic carbocycles. The number of anilines is 3. The Morgan fingerprint density at radius 1 is 0.969 bits per heavy atom. The molecule has 3 heterocycles. The fraction of sp³-hybridized carbons (Fsp3) is 0.480. The van der Waals surface area contributed by atoms with Crippen molar-refractivity contribution in [1.29, 1.82) is 0 Å². The van der Waals surface area contributed by atoms with Gasteiger partial charge in [-0.05, 0) is 82.4 Å². The topological polar surface area (TPSA) is 66.0 Å². The third kappa shape index (κ3) is 4.94. The van der Waals surface area contributed by atoms with E-state index in [2.05, 4.69) is 58.8 Å². The van der Waals surface area contributed by atoms with Gasteiger partial charge in [0.25, 0.3) is 0 Å². The van der Waals surface area contributed by atoms with Gasteiger partial charge in [0.15, 0.2) is 5.13 Å². The third-order valence-corrected chi connectivity index (χ3v) is 7.84. The van der Waals surface area contributed by atoms with E-state index < -0.39 is 0 Å². The number of likely N-dealkylation sites (tertiary alicyclic amines) is 1. The maximum Gasteiger partial charge on any atom is 0.227 e. The molecular formula is C25H32N6S. The summed E-state index contributed by atoms with van der Waals surface area (Å²) >= 11 is 1.69. The van der Waals surface area contributed by atoms with E-state index in [0.29, 0.717) is 17.9 Å². The molecule has 2 aromatic heterocycles. The van der Waals surface area contributed by atoms with Crippen LogP contribution in [0, 0.1) is 6.92 Å². The summed E-state index contributed by atoms with van der Waals surface area (Å²) in [5, 5.41) is 7.98. The number of nitrogens with one attached hydrogen (secondary N) is 2. The van der Waals surface area contributed by atoms with Gasteiger partial charge < -0.3 is 15.5 Å². The van der Waals surface area contributed by atoms with Crippen LogP contribution < -0.4 is 10.6 Å². The summed E-state index contributed by atoms with van der Waals surface area (Å²) in [5.41, 5.74) is 4.38. The summed E-state index contributed by atoms with van der Waals surface area (Å²) in [6.07, 6.45) is 9.41. The Balaban J connectivity index is 1.27. The van der Waals surface area contributed by atoms with Crippen molar-refractivity contribution in [2.24, 2.45) is 0 Å². The minimum Gasteiger partial charge on any atom is -0.359 e. The van der Waals surface area contributed by atoms with Gasteiger partial charge in [0.05, 0.1) is 16.3 Å². The number of piperidine rings is 1. The largest absolute Gasteiger partial charge is 0.359 e. The lowest BCUT2D eigenvalue weighted by Gasteiger charge is -2.29. The van der Waals surface area contributed by atoms with Gasteiger partial charge in [0, 0.05) is 17.9 Å². The molecule has 7 heteroatoms. The SMILES string of the molecule is Cc1nc(NC2CCCC2)sc1-c1ccnc(Nc2ccc(C3CCN(C)CC3)cc2)n1. The number of aromatic nitrogens is 3. The van der Waals surface area contributed by atoms with E-state index in [1.54, 1.807) is 11.3 Å². The quantitative estimate of drug-likeness (QED) is 0.496. The van der Waals surface area contributed by atoms with Gasteiger partial charge in [-0.15, -0.1) is 0 Å². The molecular weight excluding hydrogens is 416 g/mol. The molecule has 0 amide bonds. The molecule has 2 N–H and O–H groups in total. The van der Waals surface area contributed by atoms with Gasteiger partial charge in [-0.3, -0.25) is 0 Å². The van der Waals surface area contributed by atoms with E-state index in [9.17, 15) is 0 Å². The second-order valence-electron chi connectivity index (χ2n) is 9.15. The number of benzene rings is 1. The van der Waals surface area contributed by atoms with Crippen LogP contribution >= 0.6 is 11.3 Å². The van der Waals surface area contributed by atoms with Crippen LogP contribution in [0.25, 0.3) is 10.6 Å². The van der Waals surface area contributed by atoms with Gasteiger partial charge in [-0.25, -0.2) is 15.0 Å². The number of thiazole rings is 1. The van der Waals surface area contributed by atoms with Crippen molar-refractivity contribution in [2.45, 2.75) is 57.4 Å². The maximum atomic E-state index is 4.78. The summed E-state index contributed by atoms with van der Waals surface area (Å²) in [6, 6.07) is 11.3. The van der Waals surface area contributed by atoms with Gasteiger partial charge in [-0.1, -0.05) is 36.3 Å². The van der Waals surface area contributed by atoms with Crippen molar-refractivity contribution in [2.75, 3.05) is 30.8 Å². The minimum atomic E-state index is 0.563. The number of hydrogen-bond acceptors (Lipinski definition) is 7. The lowest BCUT2D eigenvalue weighted by atomic mass is 9.89. The highest BCUT2D eigenvalue weighted by atomic mass is 32.1. The second kappa shape index (κ2) is 9.55. The van der Waals surface area contributed by atoms with Crippen molar-refractivity contribution < 1.29 is 0 Å². The summed E-state index contributed by atoms with van der Waals surface area (Å²) < 4.78 is 0.